The van der Waals surface area contributed by atoms with E-state index in [9.17, 15) is 4.79 Å². The van der Waals surface area contributed by atoms with Gasteiger partial charge in [0.1, 0.15) is 5.75 Å². The van der Waals surface area contributed by atoms with Gasteiger partial charge in [0.25, 0.3) is 5.91 Å². The summed E-state index contributed by atoms with van der Waals surface area (Å²) in [5.41, 5.74) is 3.71. The Morgan fingerprint density at radius 1 is 0.964 bits per heavy atom. The smallest absolute Gasteiger partial charge is 0.271 e. The van der Waals surface area contributed by atoms with Gasteiger partial charge in [-0.05, 0) is 62.7 Å². The zero-order valence-corrected chi connectivity index (χ0v) is 16.7. The first kappa shape index (κ1) is 21.1. The fourth-order valence-corrected chi connectivity index (χ4v) is 2.44. The second-order valence-corrected chi connectivity index (χ2v) is 5.57. The van der Waals surface area contributed by atoms with Crippen LogP contribution in [0, 0.1) is 0 Å². The highest BCUT2D eigenvalue weighted by molar-refractivity contribution is 5.96. The van der Waals surface area contributed by atoms with Crippen molar-refractivity contribution in [3.05, 3.63) is 47.5 Å². The molecule has 1 N–H and O–H groups in total. The number of amides is 1. The van der Waals surface area contributed by atoms with E-state index >= 15 is 0 Å². The third-order valence-electron chi connectivity index (χ3n) is 3.67. The van der Waals surface area contributed by atoms with Crippen LogP contribution in [-0.4, -0.2) is 39.1 Å². The first-order valence-electron chi connectivity index (χ1n) is 9.16. The molecule has 0 atom stereocenters. The van der Waals surface area contributed by atoms with E-state index in [1.165, 1.54) is 0 Å². The zero-order valence-electron chi connectivity index (χ0n) is 16.7. The summed E-state index contributed by atoms with van der Waals surface area (Å²) >= 11 is 0. The molecule has 0 spiro atoms. The Balaban J connectivity index is 2.19. The summed E-state index contributed by atoms with van der Waals surface area (Å²) in [5, 5.41) is 4.01. The third kappa shape index (κ3) is 5.64. The van der Waals surface area contributed by atoms with Crippen LogP contribution >= 0.6 is 0 Å². The minimum Gasteiger partial charge on any atom is -0.497 e. The lowest BCUT2D eigenvalue weighted by Gasteiger charge is -2.16. The molecule has 0 aliphatic rings. The summed E-state index contributed by atoms with van der Waals surface area (Å²) in [7, 11) is 1.60. The molecule has 0 aliphatic carbocycles. The maximum Gasteiger partial charge on any atom is 0.271 e. The Kier molecular flexibility index (Phi) is 8.14. The second kappa shape index (κ2) is 10.8. The SMILES string of the molecule is CCOc1cc(C(=O)N/N=C/c2ccc(OC)cc2)cc(OCC)c1OCC. The van der Waals surface area contributed by atoms with Crippen LogP contribution in [-0.2, 0) is 0 Å². The minimum absolute atomic E-state index is 0.363. The number of nitrogens with zero attached hydrogens (tertiary/aromatic N) is 1. The fourth-order valence-electron chi connectivity index (χ4n) is 2.44. The molecule has 28 heavy (non-hydrogen) atoms. The van der Waals surface area contributed by atoms with Crippen LogP contribution in [0.1, 0.15) is 36.7 Å². The van der Waals surface area contributed by atoms with Gasteiger partial charge in [0.2, 0.25) is 5.75 Å². The third-order valence-corrected chi connectivity index (χ3v) is 3.67. The summed E-state index contributed by atoms with van der Waals surface area (Å²) in [5.74, 6) is 1.78. The summed E-state index contributed by atoms with van der Waals surface area (Å²) in [6, 6.07) is 10.6. The van der Waals surface area contributed by atoms with Gasteiger partial charge in [0.15, 0.2) is 11.5 Å². The second-order valence-electron chi connectivity index (χ2n) is 5.57. The van der Waals surface area contributed by atoms with Crippen LogP contribution in [0.25, 0.3) is 0 Å². The maximum atomic E-state index is 12.5. The number of benzene rings is 2. The molecule has 0 aromatic heterocycles. The highest BCUT2D eigenvalue weighted by atomic mass is 16.5. The van der Waals surface area contributed by atoms with Crippen molar-refractivity contribution < 1.29 is 23.7 Å². The number of hydrazone groups is 1. The van der Waals surface area contributed by atoms with Gasteiger partial charge in [0.05, 0.1) is 33.1 Å². The van der Waals surface area contributed by atoms with Gasteiger partial charge in [-0.15, -0.1) is 0 Å². The van der Waals surface area contributed by atoms with Crippen molar-refractivity contribution in [1.82, 2.24) is 5.43 Å². The molecule has 7 heteroatoms. The van der Waals surface area contributed by atoms with E-state index in [1.807, 2.05) is 45.0 Å². The first-order chi connectivity index (χ1) is 13.6. The zero-order chi connectivity index (χ0) is 20.4. The summed E-state index contributed by atoms with van der Waals surface area (Å²) in [6.45, 7) is 6.93. The van der Waals surface area contributed by atoms with E-state index < -0.39 is 0 Å². The lowest BCUT2D eigenvalue weighted by atomic mass is 10.1. The largest absolute Gasteiger partial charge is 0.497 e. The summed E-state index contributed by atoms with van der Waals surface area (Å²) in [6.07, 6.45) is 1.55. The molecule has 7 nitrogen and oxygen atoms in total. The van der Waals surface area contributed by atoms with Crippen molar-refractivity contribution in [3.8, 4) is 23.0 Å². The van der Waals surface area contributed by atoms with Gasteiger partial charge in [0, 0.05) is 5.56 Å². The summed E-state index contributed by atoms with van der Waals surface area (Å²) in [4.78, 5) is 12.5. The lowest BCUT2D eigenvalue weighted by Crippen LogP contribution is -2.18. The quantitative estimate of drug-likeness (QED) is 0.498. The van der Waals surface area contributed by atoms with Crippen LogP contribution < -0.4 is 24.4 Å². The minimum atomic E-state index is -0.380. The van der Waals surface area contributed by atoms with E-state index in [4.69, 9.17) is 18.9 Å². The van der Waals surface area contributed by atoms with Crippen LogP contribution in [0.3, 0.4) is 0 Å². The maximum absolute atomic E-state index is 12.5. The molecule has 150 valence electrons. The number of hydrogen-bond acceptors (Lipinski definition) is 6. The highest BCUT2D eigenvalue weighted by Gasteiger charge is 2.18. The van der Waals surface area contributed by atoms with Crippen LogP contribution in [0.2, 0.25) is 0 Å². The number of hydrogen-bond donors (Lipinski definition) is 1. The number of ether oxygens (including phenoxy) is 4. The Bertz CT molecular complexity index is 776. The molecule has 0 fully saturated rings. The molecule has 0 radical (unpaired) electrons. The Morgan fingerprint density at radius 2 is 1.54 bits per heavy atom. The average Bonchev–Trinajstić information content (AvgIpc) is 2.71. The number of carbonyl (C=O) groups is 1. The lowest BCUT2D eigenvalue weighted by molar-refractivity contribution is 0.0954. The van der Waals surface area contributed by atoms with Gasteiger partial charge in [-0.3, -0.25) is 4.79 Å². The van der Waals surface area contributed by atoms with Gasteiger partial charge < -0.3 is 18.9 Å². The van der Waals surface area contributed by atoms with Crippen LogP contribution in [0.15, 0.2) is 41.5 Å². The monoisotopic (exact) mass is 386 g/mol. The Hall–Kier alpha value is -3.22. The van der Waals surface area contributed by atoms with E-state index in [-0.39, 0.29) is 5.91 Å². The van der Waals surface area contributed by atoms with Gasteiger partial charge in [-0.1, -0.05) is 0 Å². The van der Waals surface area contributed by atoms with Crippen molar-refractivity contribution in [2.75, 3.05) is 26.9 Å². The normalized spacial score (nSPS) is 10.6. The van der Waals surface area contributed by atoms with Crippen molar-refractivity contribution in [1.29, 1.82) is 0 Å². The molecule has 1 amide bonds. The number of rotatable bonds is 10. The first-order valence-corrected chi connectivity index (χ1v) is 9.16. The van der Waals surface area contributed by atoms with E-state index in [0.717, 1.165) is 11.3 Å². The van der Waals surface area contributed by atoms with Gasteiger partial charge >= 0.3 is 0 Å². The van der Waals surface area contributed by atoms with Crippen LogP contribution in [0.5, 0.6) is 23.0 Å². The van der Waals surface area contributed by atoms with Gasteiger partial charge in [-0.2, -0.15) is 5.10 Å². The fraction of sp³-hybridized carbons (Fsp3) is 0.333. The number of methoxy groups -OCH3 is 1. The van der Waals surface area contributed by atoms with E-state index in [0.29, 0.717) is 42.6 Å². The molecule has 2 rings (SSSR count). The molecular formula is C21H26N2O5. The summed E-state index contributed by atoms with van der Waals surface area (Å²) < 4.78 is 22.0. The molecule has 0 saturated carbocycles. The number of carbonyl (C=O) groups excluding carboxylic acids is 1. The molecule has 2 aromatic carbocycles. The molecule has 2 aromatic rings. The van der Waals surface area contributed by atoms with E-state index in [2.05, 4.69) is 10.5 Å². The molecule has 0 aliphatic heterocycles. The highest BCUT2D eigenvalue weighted by Crippen LogP contribution is 2.39. The molecular weight excluding hydrogens is 360 g/mol. The predicted octanol–water partition coefficient (Wildman–Crippen LogP) is 3.66. The van der Waals surface area contributed by atoms with Crippen molar-refractivity contribution in [2.45, 2.75) is 20.8 Å². The topological polar surface area (TPSA) is 78.4 Å². The van der Waals surface area contributed by atoms with Crippen molar-refractivity contribution >= 4 is 12.1 Å². The molecule has 0 bridgehead atoms. The van der Waals surface area contributed by atoms with E-state index in [1.54, 1.807) is 25.5 Å². The van der Waals surface area contributed by atoms with Crippen molar-refractivity contribution in [2.24, 2.45) is 5.10 Å². The molecule has 0 unspecified atom stereocenters. The predicted molar refractivity (Wildman–Crippen MR) is 108 cm³/mol. The average molecular weight is 386 g/mol. The van der Waals surface area contributed by atoms with Crippen molar-refractivity contribution in [3.63, 3.8) is 0 Å². The Labute approximate surface area is 165 Å². The van der Waals surface area contributed by atoms with Crippen LogP contribution in [0.4, 0.5) is 0 Å². The van der Waals surface area contributed by atoms with Gasteiger partial charge in [-0.25, -0.2) is 5.43 Å². The standard InChI is InChI=1S/C21H26N2O5/c1-5-26-18-12-16(13-19(27-6-2)20(18)28-7-3)21(24)23-22-14-15-8-10-17(25-4)11-9-15/h8-14H,5-7H2,1-4H3,(H,23,24)/b22-14+. The Morgan fingerprint density at radius 3 is 2.04 bits per heavy atom. The molecule has 0 heterocycles. The number of nitrogens with one attached hydrogen (secondary N) is 1. The molecule has 0 saturated heterocycles.